The number of ether oxygens (including phenoxy) is 1. The summed E-state index contributed by atoms with van der Waals surface area (Å²) in [4.78, 5) is 36.7. The summed E-state index contributed by atoms with van der Waals surface area (Å²) in [6, 6.07) is 18.2. The third-order valence-electron chi connectivity index (χ3n) is 5.84. The first-order valence-electron chi connectivity index (χ1n) is 11.0. The molecule has 0 fully saturated rings. The number of amides is 2. The maximum Gasteiger partial charge on any atom is 0.407 e. The van der Waals surface area contributed by atoms with E-state index in [2.05, 4.69) is 17.2 Å². The van der Waals surface area contributed by atoms with Crippen molar-refractivity contribution in [3.8, 4) is 11.1 Å². The van der Waals surface area contributed by atoms with Gasteiger partial charge in [0.15, 0.2) is 0 Å². The topological polar surface area (TPSA) is 105 Å². The van der Waals surface area contributed by atoms with Gasteiger partial charge >= 0.3 is 12.1 Å². The number of carbonyl (C=O) groups excluding carboxylic acids is 2. The molecular weight excluding hydrogens is 451 g/mol. The van der Waals surface area contributed by atoms with Crippen molar-refractivity contribution in [2.24, 2.45) is 0 Å². The molecule has 0 radical (unpaired) electrons. The molecular formula is C27H23FN2O5. The van der Waals surface area contributed by atoms with Gasteiger partial charge in [-0.25, -0.2) is 14.0 Å². The number of hydrogen-bond donors (Lipinski definition) is 3. The molecule has 0 bridgehead atoms. The fraction of sp³-hybridized carbons (Fsp3) is 0.148. The van der Waals surface area contributed by atoms with Gasteiger partial charge in [0.1, 0.15) is 24.0 Å². The van der Waals surface area contributed by atoms with Crippen molar-refractivity contribution >= 4 is 23.7 Å². The summed E-state index contributed by atoms with van der Waals surface area (Å²) in [5.41, 5.74) is 3.39. The van der Waals surface area contributed by atoms with Crippen LogP contribution in [0.25, 0.3) is 11.1 Å². The van der Waals surface area contributed by atoms with Crippen molar-refractivity contribution in [3.05, 3.63) is 102 Å². The first-order valence-corrected chi connectivity index (χ1v) is 11.0. The first kappa shape index (κ1) is 23.7. The Balaban J connectivity index is 1.44. The molecule has 178 valence electrons. The lowest BCUT2D eigenvalue weighted by Crippen LogP contribution is -2.44. The first-order chi connectivity index (χ1) is 16.9. The van der Waals surface area contributed by atoms with Gasteiger partial charge in [0.25, 0.3) is 0 Å². The molecule has 2 amide bonds. The van der Waals surface area contributed by atoms with Crippen molar-refractivity contribution in [2.45, 2.75) is 18.4 Å². The van der Waals surface area contributed by atoms with Gasteiger partial charge in [0, 0.05) is 5.92 Å². The number of anilines is 1. The summed E-state index contributed by atoms with van der Waals surface area (Å²) >= 11 is 0. The molecule has 1 aliphatic carbocycles. The monoisotopic (exact) mass is 474 g/mol. The molecule has 0 heterocycles. The Bertz CT molecular complexity index is 1260. The summed E-state index contributed by atoms with van der Waals surface area (Å²) in [7, 11) is 0. The van der Waals surface area contributed by atoms with Crippen LogP contribution in [0.2, 0.25) is 0 Å². The fourth-order valence-electron chi connectivity index (χ4n) is 4.25. The summed E-state index contributed by atoms with van der Waals surface area (Å²) in [5, 5.41) is 14.1. The molecule has 1 aliphatic rings. The Kier molecular flexibility index (Phi) is 6.91. The van der Waals surface area contributed by atoms with Crippen LogP contribution in [0.5, 0.6) is 0 Å². The van der Waals surface area contributed by atoms with E-state index in [4.69, 9.17) is 4.74 Å². The molecule has 8 heteroatoms. The van der Waals surface area contributed by atoms with E-state index < -0.39 is 35.4 Å². The zero-order chi connectivity index (χ0) is 24.9. The highest BCUT2D eigenvalue weighted by Gasteiger charge is 2.30. The lowest BCUT2D eigenvalue weighted by molar-refractivity contribution is -0.118. The van der Waals surface area contributed by atoms with Crippen molar-refractivity contribution < 1.29 is 28.6 Å². The minimum Gasteiger partial charge on any atom is -0.478 e. The van der Waals surface area contributed by atoms with Crippen LogP contribution in [-0.2, 0) is 9.53 Å². The van der Waals surface area contributed by atoms with E-state index in [1.165, 1.54) is 18.2 Å². The van der Waals surface area contributed by atoms with Crippen LogP contribution in [0.4, 0.5) is 14.9 Å². The van der Waals surface area contributed by atoms with Gasteiger partial charge in [-0.2, -0.15) is 0 Å². The number of nitrogens with one attached hydrogen (secondary N) is 2. The summed E-state index contributed by atoms with van der Waals surface area (Å²) in [6.45, 7) is 3.65. The minimum atomic E-state index is -1.52. The zero-order valence-electron chi connectivity index (χ0n) is 18.7. The average molecular weight is 474 g/mol. The summed E-state index contributed by atoms with van der Waals surface area (Å²) < 4.78 is 19.4. The van der Waals surface area contributed by atoms with Crippen LogP contribution in [0.3, 0.4) is 0 Å². The minimum absolute atomic E-state index is 0.0494. The molecule has 7 nitrogen and oxygen atoms in total. The predicted molar refractivity (Wildman–Crippen MR) is 129 cm³/mol. The smallest absolute Gasteiger partial charge is 0.407 e. The number of halogens is 1. The largest absolute Gasteiger partial charge is 0.478 e. The number of carboxylic acid groups (broad SMARTS) is 1. The fourth-order valence-corrected chi connectivity index (χ4v) is 4.25. The molecule has 0 saturated heterocycles. The summed E-state index contributed by atoms with van der Waals surface area (Å²) in [5.74, 6) is -3.39. The van der Waals surface area contributed by atoms with E-state index in [0.717, 1.165) is 28.3 Å². The Morgan fingerprint density at radius 3 is 2.23 bits per heavy atom. The van der Waals surface area contributed by atoms with Crippen LogP contribution in [0, 0.1) is 5.82 Å². The van der Waals surface area contributed by atoms with E-state index in [0.29, 0.717) is 0 Å². The molecule has 35 heavy (non-hydrogen) atoms. The Labute approximate surface area is 201 Å². The number of alkyl carbamates (subject to hydrolysis) is 1. The van der Waals surface area contributed by atoms with Gasteiger partial charge in [-0.3, -0.25) is 4.79 Å². The van der Waals surface area contributed by atoms with Gasteiger partial charge in [0.2, 0.25) is 5.91 Å². The van der Waals surface area contributed by atoms with Crippen LogP contribution in [-0.4, -0.2) is 35.7 Å². The van der Waals surface area contributed by atoms with Gasteiger partial charge in [-0.1, -0.05) is 60.7 Å². The molecule has 3 aromatic carbocycles. The molecule has 3 N–H and O–H groups in total. The number of carbonyl (C=O) groups is 3. The quantitative estimate of drug-likeness (QED) is 0.401. The molecule has 3 aromatic rings. The number of fused-ring (bicyclic) bond motifs is 3. The predicted octanol–water partition coefficient (Wildman–Crippen LogP) is 4.95. The SMILES string of the molecule is C=CCC(NC(=O)OCC1c2ccccc2-c2ccccc21)C(=O)Nc1cccc(F)c1C(=O)O. The molecule has 1 atom stereocenters. The molecule has 0 aliphatic heterocycles. The van der Waals surface area contributed by atoms with Crippen LogP contribution >= 0.6 is 0 Å². The molecule has 1 unspecified atom stereocenters. The molecule has 4 rings (SSSR count). The average Bonchev–Trinajstić information content (AvgIpc) is 3.16. The maximum absolute atomic E-state index is 13.9. The van der Waals surface area contributed by atoms with E-state index in [9.17, 15) is 23.9 Å². The van der Waals surface area contributed by atoms with Gasteiger partial charge in [-0.05, 0) is 40.8 Å². The highest BCUT2D eigenvalue weighted by atomic mass is 19.1. The van der Waals surface area contributed by atoms with Crippen LogP contribution < -0.4 is 10.6 Å². The van der Waals surface area contributed by atoms with Crippen LogP contribution in [0.15, 0.2) is 79.4 Å². The van der Waals surface area contributed by atoms with Gasteiger partial charge < -0.3 is 20.5 Å². The third-order valence-corrected chi connectivity index (χ3v) is 5.84. The number of carboxylic acids is 1. The number of hydrogen-bond acceptors (Lipinski definition) is 4. The van der Waals surface area contributed by atoms with E-state index in [-0.39, 0.29) is 24.6 Å². The standard InChI is InChI=1S/C27H23FN2O5/c1-2-8-23(25(31)29-22-14-7-13-21(28)24(22)26(32)33)30-27(34)35-15-20-18-11-5-3-9-16(18)17-10-4-6-12-19(17)20/h2-7,9-14,20,23H,1,8,15H2,(H,29,31)(H,30,34)(H,32,33). The van der Waals surface area contributed by atoms with Gasteiger partial charge in [0.05, 0.1) is 5.69 Å². The normalized spacial score (nSPS) is 12.7. The highest BCUT2D eigenvalue weighted by molar-refractivity contribution is 6.03. The van der Waals surface area contributed by atoms with Crippen molar-refractivity contribution in [1.29, 1.82) is 0 Å². The Morgan fingerprint density at radius 2 is 1.63 bits per heavy atom. The van der Waals surface area contributed by atoms with Crippen LogP contribution in [0.1, 0.15) is 33.8 Å². The third kappa shape index (κ3) is 4.91. The molecule has 0 spiro atoms. The lowest BCUT2D eigenvalue weighted by Gasteiger charge is -2.19. The molecule has 0 saturated carbocycles. The Morgan fingerprint density at radius 1 is 1.00 bits per heavy atom. The van der Waals surface area contributed by atoms with E-state index >= 15 is 0 Å². The lowest BCUT2D eigenvalue weighted by atomic mass is 9.98. The number of aromatic carboxylic acids is 1. The van der Waals surface area contributed by atoms with E-state index in [1.807, 2.05) is 48.5 Å². The highest BCUT2D eigenvalue weighted by Crippen LogP contribution is 2.44. The second-order valence-electron chi connectivity index (χ2n) is 8.00. The molecule has 0 aromatic heterocycles. The maximum atomic E-state index is 13.9. The Hall–Kier alpha value is -4.46. The zero-order valence-corrected chi connectivity index (χ0v) is 18.7. The van der Waals surface area contributed by atoms with Gasteiger partial charge in [-0.15, -0.1) is 6.58 Å². The van der Waals surface area contributed by atoms with Crippen molar-refractivity contribution in [2.75, 3.05) is 11.9 Å². The summed E-state index contributed by atoms with van der Waals surface area (Å²) in [6.07, 6.45) is 0.664. The van der Waals surface area contributed by atoms with Crippen molar-refractivity contribution in [3.63, 3.8) is 0 Å². The number of benzene rings is 3. The van der Waals surface area contributed by atoms with E-state index in [1.54, 1.807) is 0 Å². The number of rotatable bonds is 8. The van der Waals surface area contributed by atoms with Crippen molar-refractivity contribution in [1.82, 2.24) is 5.32 Å². The second kappa shape index (κ2) is 10.2. The second-order valence-corrected chi connectivity index (χ2v) is 8.00.